The molecule has 0 saturated carbocycles. The van der Waals surface area contributed by atoms with Gasteiger partial charge in [-0.15, -0.1) is 0 Å². The van der Waals surface area contributed by atoms with Gasteiger partial charge in [0.25, 0.3) is 0 Å². The van der Waals surface area contributed by atoms with Crippen LogP contribution in [0.3, 0.4) is 0 Å². The van der Waals surface area contributed by atoms with Crippen molar-refractivity contribution in [2.75, 3.05) is 31.1 Å². The van der Waals surface area contributed by atoms with Gasteiger partial charge in [-0.2, -0.15) is 0 Å². The Bertz CT molecular complexity index is 996. The molecule has 0 aliphatic carbocycles. The lowest BCUT2D eigenvalue weighted by Gasteiger charge is -2.36. The van der Waals surface area contributed by atoms with E-state index in [4.69, 9.17) is 0 Å². The van der Waals surface area contributed by atoms with Crippen molar-refractivity contribution in [2.24, 2.45) is 0 Å². The molecule has 2 aromatic carbocycles. The SMILES string of the molecule is O=c1ccn(CN2CCN(c3ccccc3F)CC2)c2c(Br)cccc12. The van der Waals surface area contributed by atoms with Crippen molar-refractivity contribution in [1.29, 1.82) is 0 Å². The van der Waals surface area contributed by atoms with E-state index in [1.165, 1.54) is 6.07 Å². The predicted octanol–water partition coefficient (Wildman–Crippen LogP) is 3.68. The van der Waals surface area contributed by atoms with Crippen LogP contribution in [0.5, 0.6) is 0 Å². The van der Waals surface area contributed by atoms with E-state index in [0.717, 1.165) is 36.2 Å². The lowest BCUT2D eigenvalue weighted by molar-refractivity contribution is 0.208. The first kappa shape index (κ1) is 17.2. The molecule has 4 nitrogen and oxygen atoms in total. The van der Waals surface area contributed by atoms with Gasteiger partial charge in [0, 0.05) is 48.3 Å². The molecule has 6 heteroatoms. The maximum absolute atomic E-state index is 14.0. The van der Waals surface area contributed by atoms with Crippen molar-refractivity contribution in [1.82, 2.24) is 9.47 Å². The van der Waals surface area contributed by atoms with Gasteiger partial charge in [-0.1, -0.05) is 18.2 Å². The van der Waals surface area contributed by atoms with Crippen molar-refractivity contribution in [3.05, 3.63) is 75.2 Å². The number of hydrogen-bond acceptors (Lipinski definition) is 3. The summed E-state index contributed by atoms with van der Waals surface area (Å²) < 4.78 is 17.0. The second-order valence-corrected chi connectivity index (χ2v) is 7.34. The molecule has 134 valence electrons. The van der Waals surface area contributed by atoms with Gasteiger partial charge >= 0.3 is 0 Å². The molecule has 0 amide bonds. The molecule has 0 bridgehead atoms. The predicted molar refractivity (Wildman–Crippen MR) is 106 cm³/mol. The zero-order valence-corrected chi connectivity index (χ0v) is 15.8. The quantitative estimate of drug-likeness (QED) is 0.652. The molecule has 26 heavy (non-hydrogen) atoms. The van der Waals surface area contributed by atoms with Crippen LogP contribution in [0.4, 0.5) is 10.1 Å². The summed E-state index contributed by atoms with van der Waals surface area (Å²) in [6.07, 6.45) is 1.85. The van der Waals surface area contributed by atoms with Crippen molar-refractivity contribution in [2.45, 2.75) is 6.67 Å². The van der Waals surface area contributed by atoms with E-state index in [-0.39, 0.29) is 11.2 Å². The first-order valence-electron chi connectivity index (χ1n) is 8.63. The molecule has 0 N–H and O–H groups in total. The van der Waals surface area contributed by atoms with Crippen LogP contribution in [0.15, 0.2) is 64.0 Å². The Balaban J connectivity index is 1.52. The highest BCUT2D eigenvalue weighted by atomic mass is 79.9. The Labute approximate surface area is 159 Å². The highest BCUT2D eigenvalue weighted by molar-refractivity contribution is 9.10. The van der Waals surface area contributed by atoms with E-state index in [1.54, 1.807) is 12.1 Å². The second kappa shape index (κ2) is 7.21. The number of fused-ring (bicyclic) bond motifs is 1. The number of pyridine rings is 1. The van der Waals surface area contributed by atoms with Crippen LogP contribution in [-0.4, -0.2) is 35.6 Å². The molecule has 4 rings (SSSR count). The Hall–Kier alpha value is -2.18. The molecule has 1 fully saturated rings. The standard InChI is InChI=1S/C20H19BrFN3O/c21-16-5-3-4-15-19(26)8-9-25(20(15)16)14-23-10-12-24(13-11-23)18-7-2-1-6-17(18)22/h1-9H,10-14H2. The summed E-state index contributed by atoms with van der Waals surface area (Å²) in [7, 11) is 0. The number of aromatic nitrogens is 1. The Kier molecular flexibility index (Phi) is 4.78. The molecular formula is C20H19BrFN3O. The average molecular weight is 416 g/mol. The molecule has 1 saturated heterocycles. The summed E-state index contributed by atoms with van der Waals surface area (Å²) in [6.45, 7) is 3.93. The molecule has 3 aromatic rings. The minimum atomic E-state index is -0.170. The van der Waals surface area contributed by atoms with Crippen LogP contribution in [0.25, 0.3) is 10.9 Å². The van der Waals surface area contributed by atoms with Crippen LogP contribution in [0.1, 0.15) is 0 Å². The summed E-state index contributed by atoms with van der Waals surface area (Å²) in [5.74, 6) is -0.170. The Morgan fingerprint density at radius 2 is 1.73 bits per heavy atom. The van der Waals surface area contributed by atoms with E-state index in [9.17, 15) is 9.18 Å². The van der Waals surface area contributed by atoms with Gasteiger partial charge in [-0.3, -0.25) is 9.69 Å². The molecule has 1 aliphatic heterocycles. The number of halogens is 2. The van der Waals surface area contributed by atoms with Crippen LogP contribution in [0, 0.1) is 5.82 Å². The van der Waals surface area contributed by atoms with Crippen molar-refractivity contribution in [3.63, 3.8) is 0 Å². The molecule has 2 heterocycles. The van der Waals surface area contributed by atoms with E-state index in [0.29, 0.717) is 17.7 Å². The van der Waals surface area contributed by atoms with E-state index >= 15 is 0 Å². The number of benzene rings is 2. The number of nitrogens with zero attached hydrogens (tertiary/aromatic N) is 3. The fraction of sp³-hybridized carbons (Fsp3) is 0.250. The van der Waals surface area contributed by atoms with E-state index < -0.39 is 0 Å². The Morgan fingerprint density at radius 3 is 2.50 bits per heavy atom. The summed E-state index contributed by atoms with van der Waals surface area (Å²) in [5, 5.41) is 0.715. The topological polar surface area (TPSA) is 28.5 Å². The maximum Gasteiger partial charge on any atom is 0.189 e. The van der Waals surface area contributed by atoms with Gasteiger partial charge in [0.2, 0.25) is 0 Å². The first-order valence-corrected chi connectivity index (χ1v) is 9.42. The number of anilines is 1. The zero-order valence-electron chi connectivity index (χ0n) is 14.2. The third kappa shape index (κ3) is 3.27. The number of rotatable bonds is 3. The minimum absolute atomic E-state index is 0.0296. The summed E-state index contributed by atoms with van der Waals surface area (Å²) >= 11 is 3.57. The lowest BCUT2D eigenvalue weighted by Crippen LogP contribution is -2.47. The van der Waals surface area contributed by atoms with Gasteiger partial charge in [0.15, 0.2) is 5.43 Å². The third-order valence-electron chi connectivity index (χ3n) is 4.86. The number of para-hydroxylation sites is 2. The van der Waals surface area contributed by atoms with Crippen LogP contribution >= 0.6 is 15.9 Å². The molecule has 1 aromatic heterocycles. The van der Waals surface area contributed by atoms with Gasteiger partial charge in [0.05, 0.1) is 17.9 Å². The van der Waals surface area contributed by atoms with Crippen LogP contribution in [0.2, 0.25) is 0 Å². The Morgan fingerprint density at radius 1 is 0.962 bits per heavy atom. The van der Waals surface area contributed by atoms with Crippen LogP contribution in [-0.2, 0) is 6.67 Å². The largest absolute Gasteiger partial charge is 0.367 e. The molecule has 0 unspecified atom stereocenters. The molecular weight excluding hydrogens is 397 g/mol. The van der Waals surface area contributed by atoms with Crippen molar-refractivity contribution in [3.8, 4) is 0 Å². The summed E-state index contributed by atoms with van der Waals surface area (Å²) in [6, 6.07) is 14.2. The average Bonchev–Trinajstić information content (AvgIpc) is 2.65. The van der Waals surface area contributed by atoms with Crippen molar-refractivity contribution < 1.29 is 4.39 Å². The maximum atomic E-state index is 14.0. The van der Waals surface area contributed by atoms with E-state index in [1.807, 2.05) is 36.5 Å². The molecule has 0 spiro atoms. The fourth-order valence-electron chi connectivity index (χ4n) is 3.50. The molecule has 0 radical (unpaired) electrons. The monoisotopic (exact) mass is 415 g/mol. The summed E-state index contributed by atoms with van der Waals surface area (Å²) in [4.78, 5) is 16.5. The normalized spacial score (nSPS) is 15.5. The van der Waals surface area contributed by atoms with Gasteiger partial charge in [-0.25, -0.2) is 4.39 Å². The van der Waals surface area contributed by atoms with Gasteiger partial charge < -0.3 is 9.47 Å². The fourth-order valence-corrected chi connectivity index (χ4v) is 4.09. The molecule has 1 aliphatic rings. The number of hydrogen-bond donors (Lipinski definition) is 0. The smallest absolute Gasteiger partial charge is 0.189 e. The van der Waals surface area contributed by atoms with Crippen LogP contribution < -0.4 is 10.3 Å². The van der Waals surface area contributed by atoms with Crippen molar-refractivity contribution >= 4 is 32.5 Å². The number of piperazine rings is 1. The first-order chi connectivity index (χ1) is 12.6. The second-order valence-electron chi connectivity index (χ2n) is 6.48. The van der Waals surface area contributed by atoms with Gasteiger partial charge in [0.1, 0.15) is 5.82 Å². The third-order valence-corrected chi connectivity index (χ3v) is 5.50. The highest BCUT2D eigenvalue weighted by Gasteiger charge is 2.20. The summed E-state index contributed by atoms with van der Waals surface area (Å²) in [5.41, 5.74) is 1.61. The van der Waals surface area contributed by atoms with Gasteiger partial charge in [-0.05, 0) is 40.2 Å². The lowest BCUT2D eigenvalue weighted by atomic mass is 10.2. The zero-order chi connectivity index (χ0) is 18.1. The minimum Gasteiger partial charge on any atom is -0.367 e. The van der Waals surface area contributed by atoms with E-state index in [2.05, 4.69) is 30.3 Å². The molecule has 0 atom stereocenters. The highest BCUT2D eigenvalue weighted by Crippen LogP contribution is 2.23.